The molecule has 0 radical (unpaired) electrons. The lowest BCUT2D eigenvalue weighted by Crippen LogP contribution is -2.37. The van der Waals surface area contributed by atoms with Crippen LogP contribution >= 0.6 is 11.6 Å². The fraction of sp³-hybridized carbons (Fsp3) is 0.385. The molecule has 2 heterocycles. The number of aromatic nitrogens is 2. The first-order valence-electron chi connectivity index (χ1n) is 11.8. The molecule has 184 valence electrons. The fourth-order valence-electron chi connectivity index (χ4n) is 4.24. The van der Waals surface area contributed by atoms with Crippen LogP contribution in [-0.4, -0.2) is 65.0 Å². The van der Waals surface area contributed by atoms with E-state index in [0.29, 0.717) is 48.4 Å². The van der Waals surface area contributed by atoms with Gasteiger partial charge in [0.25, 0.3) is 0 Å². The molecule has 8 nitrogen and oxygen atoms in total. The van der Waals surface area contributed by atoms with Crippen LogP contribution in [0.1, 0.15) is 31.2 Å². The number of nitrogens with zero attached hydrogens (tertiary/aromatic N) is 5. The van der Waals surface area contributed by atoms with Crippen LogP contribution in [0.3, 0.4) is 0 Å². The zero-order valence-electron chi connectivity index (χ0n) is 20.1. The largest absolute Gasteiger partial charge is 0.339 e. The van der Waals surface area contributed by atoms with E-state index in [1.54, 1.807) is 13.0 Å². The minimum Gasteiger partial charge on any atom is -0.339 e. The van der Waals surface area contributed by atoms with E-state index < -0.39 is 0 Å². The number of para-hydroxylation sites is 1. The minimum absolute atomic E-state index is 0.000631. The van der Waals surface area contributed by atoms with Gasteiger partial charge in [-0.3, -0.25) is 9.59 Å². The van der Waals surface area contributed by atoms with Crippen LogP contribution in [0.5, 0.6) is 0 Å². The third kappa shape index (κ3) is 6.26. The van der Waals surface area contributed by atoms with Crippen LogP contribution in [0.25, 0.3) is 11.4 Å². The van der Waals surface area contributed by atoms with Gasteiger partial charge in [-0.2, -0.15) is 4.98 Å². The van der Waals surface area contributed by atoms with Crippen LogP contribution in [-0.2, 0) is 22.6 Å². The summed E-state index contributed by atoms with van der Waals surface area (Å²) in [5.41, 5.74) is 2.51. The minimum atomic E-state index is -0.000631. The van der Waals surface area contributed by atoms with Gasteiger partial charge in [-0.25, -0.2) is 0 Å². The Kier molecular flexibility index (Phi) is 8.15. The quantitative estimate of drug-likeness (QED) is 0.543. The van der Waals surface area contributed by atoms with Gasteiger partial charge in [0.05, 0.1) is 5.02 Å². The number of aryl methyl sites for hydroxylation is 1. The highest BCUT2D eigenvalue weighted by Gasteiger charge is 2.22. The first kappa shape index (κ1) is 24.9. The van der Waals surface area contributed by atoms with Crippen molar-refractivity contribution in [1.82, 2.24) is 19.9 Å². The molecule has 35 heavy (non-hydrogen) atoms. The molecule has 0 saturated heterocycles. The van der Waals surface area contributed by atoms with E-state index in [1.807, 2.05) is 59.3 Å². The van der Waals surface area contributed by atoms with Crippen LogP contribution in [0.4, 0.5) is 5.69 Å². The summed E-state index contributed by atoms with van der Waals surface area (Å²) in [4.78, 5) is 36.0. The number of benzene rings is 2. The highest BCUT2D eigenvalue weighted by Crippen LogP contribution is 2.26. The topological polar surface area (TPSA) is 82.8 Å². The Morgan fingerprint density at radius 2 is 1.80 bits per heavy atom. The SMILES string of the molecule is CC(=O)N1CCCN(C)CCN(C(=O)CCc2nc(-c3ccccc3Cl)no2)Cc2ccccc21. The van der Waals surface area contributed by atoms with Crippen molar-refractivity contribution in [3.05, 3.63) is 65.0 Å². The Labute approximate surface area is 210 Å². The molecule has 9 heteroatoms. The van der Waals surface area contributed by atoms with Crippen LogP contribution in [0, 0.1) is 0 Å². The summed E-state index contributed by atoms with van der Waals surface area (Å²) >= 11 is 6.23. The molecule has 2 aromatic carbocycles. The summed E-state index contributed by atoms with van der Waals surface area (Å²) in [5, 5.41) is 4.57. The lowest BCUT2D eigenvalue weighted by Gasteiger charge is -2.27. The van der Waals surface area contributed by atoms with E-state index in [-0.39, 0.29) is 18.2 Å². The summed E-state index contributed by atoms with van der Waals surface area (Å²) in [6.45, 7) is 4.87. The van der Waals surface area contributed by atoms with Crippen molar-refractivity contribution >= 4 is 29.1 Å². The number of carbonyl (C=O) groups is 2. The molecule has 1 aromatic heterocycles. The highest BCUT2D eigenvalue weighted by atomic mass is 35.5. The van der Waals surface area contributed by atoms with Crippen molar-refractivity contribution < 1.29 is 14.1 Å². The van der Waals surface area contributed by atoms with E-state index in [2.05, 4.69) is 15.0 Å². The molecule has 4 rings (SSSR count). The lowest BCUT2D eigenvalue weighted by molar-refractivity contribution is -0.132. The monoisotopic (exact) mass is 495 g/mol. The maximum Gasteiger partial charge on any atom is 0.227 e. The van der Waals surface area contributed by atoms with Gasteiger partial charge in [0.2, 0.25) is 23.5 Å². The summed E-state index contributed by atoms with van der Waals surface area (Å²) in [7, 11) is 2.04. The number of amides is 2. The van der Waals surface area contributed by atoms with Gasteiger partial charge in [-0.05, 0) is 43.8 Å². The van der Waals surface area contributed by atoms with Crippen molar-refractivity contribution in [1.29, 1.82) is 0 Å². The van der Waals surface area contributed by atoms with Crippen LogP contribution in [0.2, 0.25) is 5.02 Å². The number of halogens is 1. The molecule has 0 fully saturated rings. The Bertz CT molecular complexity index is 1180. The van der Waals surface area contributed by atoms with Gasteiger partial charge < -0.3 is 19.2 Å². The third-order valence-corrected chi connectivity index (χ3v) is 6.51. The average molecular weight is 496 g/mol. The molecule has 0 bridgehead atoms. The Balaban J connectivity index is 1.49. The molecule has 0 unspecified atom stereocenters. The van der Waals surface area contributed by atoms with Crippen LogP contribution in [0.15, 0.2) is 53.1 Å². The second-order valence-electron chi connectivity index (χ2n) is 8.76. The van der Waals surface area contributed by atoms with Crippen LogP contribution < -0.4 is 4.90 Å². The number of hydrogen-bond acceptors (Lipinski definition) is 6. The van der Waals surface area contributed by atoms with E-state index in [9.17, 15) is 9.59 Å². The number of rotatable bonds is 4. The first-order valence-corrected chi connectivity index (χ1v) is 12.2. The van der Waals surface area contributed by atoms with Crippen molar-refractivity contribution in [2.45, 2.75) is 32.7 Å². The van der Waals surface area contributed by atoms with E-state index in [0.717, 1.165) is 30.8 Å². The number of likely N-dealkylation sites (N-methyl/N-ethyl adjacent to an activating group) is 1. The standard InChI is InChI=1S/C26H30ClN5O3/c1-19(33)32-15-7-14-30(2)16-17-31(18-20-8-3-6-11-23(20)32)25(34)13-12-24-28-26(29-35-24)21-9-4-5-10-22(21)27/h3-6,8-11H,7,12-18H2,1-2H3. The predicted molar refractivity (Wildman–Crippen MR) is 135 cm³/mol. The van der Waals surface area contributed by atoms with Crippen molar-refractivity contribution in [2.24, 2.45) is 0 Å². The van der Waals surface area contributed by atoms with Gasteiger partial charge in [0, 0.05) is 57.2 Å². The summed E-state index contributed by atoms with van der Waals surface area (Å²) in [6.07, 6.45) is 1.44. The second-order valence-corrected chi connectivity index (χ2v) is 9.17. The number of anilines is 1. The molecule has 0 aliphatic carbocycles. The molecule has 0 atom stereocenters. The maximum atomic E-state index is 13.3. The maximum absolute atomic E-state index is 13.3. The molecular formula is C26H30ClN5O3. The molecule has 2 amide bonds. The fourth-order valence-corrected chi connectivity index (χ4v) is 4.46. The van der Waals surface area contributed by atoms with Gasteiger partial charge in [0.1, 0.15) is 0 Å². The van der Waals surface area contributed by atoms with E-state index in [1.165, 1.54) is 0 Å². The Morgan fingerprint density at radius 1 is 1.03 bits per heavy atom. The van der Waals surface area contributed by atoms with E-state index >= 15 is 0 Å². The molecule has 3 aromatic rings. The first-order chi connectivity index (χ1) is 16.9. The van der Waals surface area contributed by atoms with E-state index in [4.69, 9.17) is 16.1 Å². The average Bonchev–Trinajstić information content (AvgIpc) is 3.31. The summed E-state index contributed by atoms with van der Waals surface area (Å²) < 4.78 is 5.38. The molecule has 1 aliphatic rings. The Morgan fingerprint density at radius 3 is 2.60 bits per heavy atom. The van der Waals surface area contributed by atoms with Gasteiger partial charge in [-0.15, -0.1) is 0 Å². The summed E-state index contributed by atoms with van der Waals surface area (Å²) in [5.74, 6) is 0.807. The van der Waals surface area contributed by atoms with Crippen molar-refractivity contribution in [2.75, 3.05) is 38.1 Å². The molecular weight excluding hydrogens is 466 g/mol. The van der Waals surface area contributed by atoms with Crippen molar-refractivity contribution in [3.63, 3.8) is 0 Å². The number of fused-ring (bicyclic) bond motifs is 1. The van der Waals surface area contributed by atoms with Gasteiger partial charge >= 0.3 is 0 Å². The Hall–Kier alpha value is -3.23. The lowest BCUT2D eigenvalue weighted by atomic mass is 10.1. The second kappa shape index (κ2) is 11.5. The highest BCUT2D eigenvalue weighted by molar-refractivity contribution is 6.33. The van der Waals surface area contributed by atoms with Gasteiger partial charge in [0.15, 0.2) is 0 Å². The molecule has 1 aliphatic heterocycles. The zero-order valence-corrected chi connectivity index (χ0v) is 20.9. The number of carbonyl (C=O) groups excluding carboxylic acids is 2. The summed E-state index contributed by atoms with van der Waals surface area (Å²) in [6, 6.07) is 15.1. The molecule has 0 saturated carbocycles. The number of hydrogen-bond donors (Lipinski definition) is 0. The van der Waals surface area contributed by atoms with Gasteiger partial charge in [-0.1, -0.05) is 47.1 Å². The predicted octanol–water partition coefficient (Wildman–Crippen LogP) is 4.04. The third-order valence-electron chi connectivity index (χ3n) is 6.19. The smallest absolute Gasteiger partial charge is 0.227 e. The zero-order chi connectivity index (χ0) is 24.8. The molecule has 0 spiro atoms. The molecule has 0 N–H and O–H groups in total. The normalized spacial score (nSPS) is 15.4. The van der Waals surface area contributed by atoms with Crippen molar-refractivity contribution in [3.8, 4) is 11.4 Å².